The Balaban J connectivity index is 2.02. The van der Waals surface area contributed by atoms with E-state index in [1.54, 1.807) is 22.9 Å². The highest BCUT2D eigenvalue weighted by molar-refractivity contribution is 5.97. The number of aromatic nitrogens is 2. The largest absolute Gasteiger partial charge is 0.493 e. The summed E-state index contributed by atoms with van der Waals surface area (Å²) in [4.78, 5) is 15.8. The van der Waals surface area contributed by atoms with Gasteiger partial charge < -0.3 is 9.67 Å². The SMILES string of the molecule is CCn1c(O)c(N=NC(=O)c2cccnc2)c2ccccc21. The number of rotatable bonds is 3. The first kappa shape index (κ1) is 13.9. The molecule has 0 spiro atoms. The molecule has 22 heavy (non-hydrogen) atoms. The second kappa shape index (κ2) is 5.77. The Morgan fingerprint density at radius 2 is 2.09 bits per heavy atom. The van der Waals surface area contributed by atoms with E-state index in [2.05, 4.69) is 15.2 Å². The van der Waals surface area contributed by atoms with Gasteiger partial charge in [0.25, 0.3) is 5.91 Å². The molecule has 2 heterocycles. The summed E-state index contributed by atoms with van der Waals surface area (Å²) in [5.41, 5.74) is 1.50. The maximum absolute atomic E-state index is 12.0. The molecule has 0 aliphatic carbocycles. The summed E-state index contributed by atoms with van der Waals surface area (Å²) in [6, 6.07) is 10.7. The Kier molecular flexibility index (Phi) is 3.65. The molecule has 1 N–H and O–H groups in total. The third-order valence-electron chi connectivity index (χ3n) is 3.38. The van der Waals surface area contributed by atoms with Crippen molar-refractivity contribution in [2.45, 2.75) is 13.5 Å². The number of hydrogen-bond acceptors (Lipinski definition) is 4. The molecule has 0 aliphatic rings. The van der Waals surface area contributed by atoms with Crippen LogP contribution in [-0.2, 0) is 6.54 Å². The Bertz CT molecular complexity index is 853. The fourth-order valence-corrected chi connectivity index (χ4v) is 2.33. The van der Waals surface area contributed by atoms with E-state index < -0.39 is 5.91 Å². The second-order valence-electron chi connectivity index (χ2n) is 4.68. The monoisotopic (exact) mass is 294 g/mol. The lowest BCUT2D eigenvalue weighted by Gasteiger charge is -2.00. The molecule has 0 radical (unpaired) electrons. The number of carbonyl (C=O) groups excluding carboxylic acids is 1. The zero-order chi connectivity index (χ0) is 15.5. The van der Waals surface area contributed by atoms with Crippen LogP contribution in [0.25, 0.3) is 10.9 Å². The van der Waals surface area contributed by atoms with E-state index in [9.17, 15) is 9.90 Å². The van der Waals surface area contributed by atoms with Crippen molar-refractivity contribution < 1.29 is 9.90 Å². The fourth-order valence-electron chi connectivity index (χ4n) is 2.33. The third-order valence-corrected chi connectivity index (χ3v) is 3.38. The van der Waals surface area contributed by atoms with Gasteiger partial charge in [-0.1, -0.05) is 18.2 Å². The molecule has 2 aromatic heterocycles. The number of aromatic hydroxyl groups is 1. The zero-order valence-corrected chi connectivity index (χ0v) is 12.0. The number of fused-ring (bicyclic) bond motifs is 1. The molecule has 0 aliphatic heterocycles. The van der Waals surface area contributed by atoms with Crippen LogP contribution in [0.5, 0.6) is 5.88 Å². The first-order chi connectivity index (χ1) is 10.7. The van der Waals surface area contributed by atoms with Gasteiger partial charge in [0.05, 0.1) is 11.1 Å². The number of pyridine rings is 1. The van der Waals surface area contributed by atoms with Crippen LogP contribution in [0, 0.1) is 0 Å². The lowest BCUT2D eigenvalue weighted by Crippen LogP contribution is -1.93. The lowest BCUT2D eigenvalue weighted by molar-refractivity contribution is 0.0994. The van der Waals surface area contributed by atoms with Crippen molar-refractivity contribution in [3.05, 3.63) is 54.4 Å². The van der Waals surface area contributed by atoms with Crippen LogP contribution < -0.4 is 0 Å². The summed E-state index contributed by atoms with van der Waals surface area (Å²) >= 11 is 0. The Morgan fingerprint density at radius 1 is 1.27 bits per heavy atom. The van der Waals surface area contributed by atoms with Crippen LogP contribution in [0.2, 0.25) is 0 Å². The highest BCUT2D eigenvalue weighted by atomic mass is 16.3. The predicted molar refractivity (Wildman–Crippen MR) is 82.4 cm³/mol. The number of hydrogen-bond donors (Lipinski definition) is 1. The second-order valence-corrected chi connectivity index (χ2v) is 4.68. The summed E-state index contributed by atoms with van der Waals surface area (Å²) in [5, 5.41) is 18.7. The number of azo groups is 1. The molecule has 0 bridgehead atoms. The molecule has 110 valence electrons. The van der Waals surface area contributed by atoms with E-state index >= 15 is 0 Å². The predicted octanol–water partition coefficient (Wildman–Crippen LogP) is 3.69. The van der Waals surface area contributed by atoms with Crippen LogP contribution >= 0.6 is 0 Å². The summed E-state index contributed by atoms with van der Waals surface area (Å²) < 4.78 is 1.72. The standard InChI is InChI=1S/C16H14N4O2/c1-2-20-13-8-4-3-7-12(13)14(16(20)22)18-19-15(21)11-6-5-9-17-10-11/h3-10,22H,2H2,1H3. The first-order valence-electron chi connectivity index (χ1n) is 6.88. The van der Waals surface area contributed by atoms with Crippen LogP contribution in [0.15, 0.2) is 59.0 Å². The molecule has 0 saturated heterocycles. The maximum Gasteiger partial charge on any atom is 0.296 e. The van der Waals surface area contributed by atoms with E-state index in [4.69, 9.17) is 0 Å². The maximum atomic E-state index is 12.0. The molecule has 3 rings (SSSR count). The number of carbonyl (C=O) groups is 1. The molecule has 6 heteroatoms. The van der Waals surface area contributed by atoms with Crippen molar-refractivity contribution in [2.24, 2.45) is 10.2 Å². The van der Waals surface area contributed by atoms with E-state index in [-0.39, 0.29) is 5.88 Å². The van der Waals surface area contributed by atoms with Crippen molar-refractivity contribution in [1.29, 1.82) is 0 Å². The molecule has 0 saturated carbocycles. The minimum Gasteiger partial charge on any atom is -0.493 e. The Hall–Kier alpha value is -3.02. The number of aryl methyl sites for hydroxylation is 1. The topological polar surface area (TPSA) is 79.8 Å². The van der Waals surface area contributed by atoms with Crippen molar-refractivity contribution in [2.75, 3.05) is 0 Å². The minimum absolute atomic E-state index is 0.00596. The van der Waals surface area contributed by atoms with Crippen molar-refractivity contribution in [1.82, 2.24) is 9.55 Å². The van der Waals surface area contributed by atoms with Gasteiger partial charge in [0.2, 0.25) is 5.88 Å². The average Bonchev–Trinajstić information content (AvgIpc) is 2.84. The van der Waals surface area contributed by atoms with Gasteiger partial charge in [-0.25, -0.2) is 0 Å². The number of para-hydroxylation sites is 1. The van der Waals surface area contributed by atoms with Crippen LogP contribution in [-0.4, -0.2) is 20.6 Å². The van der Waals surface area contributed by atoms with Crippen LogP contribution in [0.4, 0.5) is 5.69 Å². The van der Waals surface area contributed by atoms with Crippen molar-refractivity contribution in [3.63, 3.8) is 0 Å². The van der Waals surface area contributed by atoms with Crippen molar-refractivity contribution in [3.8, 4) is 5.88 Å². The van der Waals surface area contributed by atoms with Gasteiger partial charge in [-0.2, -0.15) is 0 Å². The zero-order valence-electron chi connectivity index (χ0n) is 12.0. The van der Waals surface area contributed by atoms with Crippen LogP contribution in [0.1, 0.15) is 17.3 Å². The first-order valence-corrected chi connectivity index (χ1v) is 6.88. The highest BCUT2D eigenvalue weighted by Crippen LogP contribution is 2.38. The molecule has 0 unspecified atom stereocenters. The van der Waals surface area contributed by atoms with Gasteiger partial charge in [0.1, 0.15) is 0 Å². The van der Waals surface area contributed by atoms with Gasteiger partial charge in [0.15, 0.2) is 5.69 Å². The van der Waals surface area contributed by atoms with Crippen LogP contribution in [0.3, 0.4) is 0 Å². The van der Waals surface area contributed by atoms with Gasteiger partial charge in [-0.15, -0.1) is 10.2 Å². The molecule has 1 amide bonds. The Labute approximate surface area is 126 Å². The van der Waals surface area contributed by atoms with E-state index in [1.807, 2.05) is 31.2 Å². The van der Waals surface area contributed by atoms with E-state index in [0.717, 1.165) is 10.9 Å². The van der Waals surface area contributed by atoms with Gasteiger partial charge in [-0.05, 0) is 25.1 Å². The summed E-state index contributed by atoms with van der Waals surface area (Å²) in [5.74, 6) is -0.493. The number of amides is 1. The highest BCUT2D eigenvalue weighted by Gasteiger charge is 2.15. The average molecular weight is 294 g/mol. The molecule has 0 atom stereocenters. The smallest absolute Gasteiger partial charge is 0.296 e. The van der Waals surface area contributed by atoms with Gasteiger partial charge in [0, 0.05) is 24.3 Å². The molecular weight excluding hydrogens is 280 g/mol. The van der Waals surface area contributed by atoms with E-state index in [0.29, 0.717) is 17.8 Å². The number of benzene rings is 1. The van der Waals surface area contributed by atoms with Gasteiger partial charge in [-0.3, -0.25) is 9.78 Å². The molecule has 6 nitrogen and oxygen atoms in total. The minimum atomic E-state index is -0.499. The van der Waals surface area contributed by atoms with Gasteiger partial charge >= 0.3 is 0 Å². The van der Waals surface area contributed by atoms with E-state index in [1.165, 1.54) is 6.20 Å². The molecule has 1 aromatic carbocycles. The summed E-state index contributed by atoms with van der Waals surface area (Å²) in [6.07, 6.45) is 3.01. The van der Waals surface area contributed by atoms with Crippen molar-refractivity contribution >= 4 is 22.5 Å². The third kappa shape index (κ3) is 2.35. The fraction of sp³-hybridized carbons (Fsp3) is 0.125. The molecule has 3 aromatic rings. The molecule has 0 fully saturated rings. The summed E-state index contributed by atoms with van der Waals surface area (Å²) in [7, 11) is 0. The Morgan fingerprint density at radius 3 is 2.82 bits per heavy atom. The lowest BCUT2D eigenvalue weighted by atomic mass is 10.2. The number of nitrogens with zero attached hydrogens (tertiary/aromatic N) is 4. The quantitative estimate of drug-likeness (QED) is 0.748. The summed E-state index contributed by atoms with van der Waals surface area (Å²) in [6.45, 7) is 2.52. The normalized spacial score (nSPS) is 11.3. The molecular formula is C16H14N4O2.